The van der Waals surface area contributed by atoms with Crippen LogP contribution in [0.2, 0.25) is 0 Å². The highest BCUT2D eigenvalue weighted by molar-refractivity contribution is 7.92. The second-order valence-corrected chi connectivity index (χ2v) is 6.35. The topological polar surface area (TPSA) is 83.5 Å². The van der Waals surface area contributed by atoms with Crippen molar-refractivity contribution in [2.75, 3.05) is 11.6 Å². The number of anilines is 1. The van der Waals surface area contributed by atoms with Crippen molar-refractivity contribution >= 4 is 21.4 Å². The van der Waals surface area contributed by atoms with E-state index in [1.165, 1.54) is 13.0 Å². The van der Waals surface area contributed by atoms with E-state index in [0.717, 1.165) is 11.8 Å². The van der Waals surface area contributed by atoms with E-state index < -0.39 is 21.0 Å². The van der Waals surface area contributed by atoms with Crippen molar-refractivity contribution in [3.63, 3.8) is 0 Å². The molecule has 0 fully saturated rings. The summed E-state index contributed by atoms with van der Waals surface area (Å²) >= 11 is 0. The zero-order valence-corrected chi connectivity index (χ0v) is 10.7. The number of aromatic hydroxyl groups is 1. The van der Waals surface area contributed by atoms with E-state index in [4.69, 9.17) is 0 Å². The Morgan fingerprint density at radius 3 is 2.53 bits per heavy atom. The van der Waals surface area contributed by atoms with Crippen LogP contribution in [0, 0.1) is 6.92 Å². The number of hydrogen-bond acceptors (Lipinski definition) is 4. The van der Waals surface area contributed by atoms with Gasteiger partial charge in [-0.25, -0.2) is 8.42 Å². The summed E-state index contributed by atoms with van der Waals surface area (Å²) in [6.07, 6.45) is 0.993. The lowest BCUT2D eigenvalue weighted by Crippen LogP contribution is -2.31. The molecule has 1 atom stereocenters. The lowest BCUT2D eigenvalue weighted by Gasteiger charge is -2.12. The summed E-state index contributed by atoms with van der Waals surface area (Å²) in [4.78, 5) is 11.6. The van der Waals surface area contributed by atoms with Crippen LogP contribution in [0.5, 0.6) is 5.75 Å². The van der Waals surface area contributed by atoms with Crippen LogP contribution in [0.25, 0.3) is 0 Å². The number of amides is 1. The molecule has 1 unspecified atom stereocenters. The van der Waals surface area contributed by atoms with Crippen molar-refractivity contribution in [3.05, 3.63) is 23.8 Å². The fourth-order valence-corrected chi connectivity index (χ4v) is 1.63. The molecule has 1 amide bonds. The van der Waals surface area contributed by atoms with Gasteiger partial charge in [0.15, 0.2) is 9.84 Å². The molecule has 6 heteroatoms. The third-order valence-corrected chi connectivity index (χ3v) is 3.92. The zero-order valence-electron chi connectivity index (χ0n) is 9.89. The van der Waals surface area contributed by atoms with Gasteiger partial charge in [0.05, 0.1) is 5.69 Å². The number of rotatable bonds is 3. The van der Waals surface area contributed by atoms with Gasteiger partial charge in [-0.05, 0) is 31.5 Å². The Balaban J connectivity index is 2.92. The molecule has 94 valence electrons. The lowest BCUT2D eigenvalue weighted by molar-refractivity contribution is -0.115. The second kappa shape index (κ2) is 4.75. The minimum atomic E-state index is -3.44. The first-order valence-corrected chi connectivity index (χ1v) is 6.96. The first-order valence-electron chi connectivity index (χ1n) is 5.01. The Bertz CT molecular complexity index is 536. The quantitative estimate of drug-likeness (QED) is 0.793. The molecule has 0 aliphatic rings. The fraction of sp³-hybridized carbons (Fsp3) is 0.364. The number of carbonyl (C=O) groups is 1. The van der Waals surface area contributed by atoms with E-state index in [-0.39, 0.29) is 11.4 Å². The molecule has 2 N–H and O–H groups in total. The highest BCUT2D eigenvalue weighted by Gasteiger charge is 2.24. The molecule has 0 saturated carbocycles. The standard InChI is InChI=1S/C11H15NO4S/c1-7-4-5-10(13)9(6-7)12-11(14)8(2)17(3,15)16/h4-6,8,13H,1-3H3,(H,12,14). The van der Waals surface area contributed by atoms with Gasteiger partial charge in [-0.3, -0.25) is 4.79 Å². The lowest BCUT2D eigenvalue weighted by atomic mass is 10.2. The Hall–Kier alpha value is -1.56. The maximum Gasteiger partial charge on any atom is 0.242 e. The molecular weight excluding hydrogens is 242 g/mol. The smallest absolute Gasteiger partial charge is 0.242 e. The SMILES string of the molecule is Cc1ccc(O)c(NC(=O)C(C)S(C)(=O)=O)c1. The van der Waals surface area contributed by atoms with Crippen LogP contribution in [0.3, 0.4) is 0 Å². The van der Waals surface area contributed by atoms with Crippen LogP contribution in [0.4, 0.5) is 5.69 Å². The predicted octanol–water partition coefficient (Wildman–Crippen LogP) is 1.07. The number of nitrogens with one attached hydrogen (secondary N) is 1. The highest BCUT2D eigenvalue weighted by atomic mass is 32.2. The Labute approximate surface area is 100 Å². The van der Waals surface area contributed by atoms with Gasteiger partial charge >= 0.3 is 0 Å². The molecule has 5 nitrogen and oxygen atoms in total. The van der Waals surface area contributed by atoms with Crippen LogP contribution in [0.1, 0.15) is 12.5 Å². The van der Waals surface area contributed by atoms with Crippen molar-refractivity contribution in [2.45, 2.75) is 19.1 Å². The summed E-state index contributed by atoms with van der Waals surface area (Å²) in [6.45, 7) is 3.10. The molecule has 17 heavy (non-hydrogen) atoms. The molecule has 0 aromatic heterocycles. The van der Waals surface area contributed by atoms with Crippen LogP contribution in [-0.4, -0.2) is 30.9 Å². The fourth-order valence-electron chi connectivity index (χ4n) is 1.18. The van der Waals surface area contributed by atoms with Gasteiger partial charge in [0.2, 0.25) is 5.91 Å². The summed E-state index contributed by atoms with van der Waals surface area (Å²) < 4.78 is 22.4. The number of phenols is 1. The van der Waals surface area contributed by atoms with Gasteiger partial charge in [0.1, 0.15) is 11.0 Å². The van der Waals surface area contributed by atoms with E-state index >= 15 is 0 Å². The van der Waals surface area contributed by atoms with Gasteiger partial charge in [-0.2, -0.15) is 0 Å². The van der Waals surface area contributed by atoms with E-state index in [0.29, 0.717) is 0 Å². The maximum atomic E-state index is 11.6. The third-order valence-electron chi connectivity index (χ3n) is 2.42. The average molecular weight is 257 g/mol. The zero-order chi connectivity index (χ0) is 13.2. The van der Waals surface area contributed by atoms with Gasteiger partial charge in [-0.1, -0.05) is 6.07 Å². The van der Waals surface area contributed by atoms with Crippen LogP contribution >= 0.6 is 0 Å². The normalized spacial score (nSPS) is 13.1. The third kappa shape index (κ3) is 3.45. The molecule has 0 radical (unpaired) electrons. The molecule has 1 aromatic rings. The molecular formula is C11H15NO4S. The highest BCUT2D eigenvalue weighted by Crippen LogP contribution is 2.24. The molecule has 0 saturated heterocycles. The van der Waals surface area contributed by atoms with E-state index in [1.807, 2.05) is 0 Å². The minimum Gasteiger partial charge on any atom is -0.506 e. The molecule has 0 heterocycles. The van der Waals surface area contributed by atoms with Crippen LogP contribution < -0.4 is 5.32 Å². The Kier molecular flexibility index (Phi) is 3.77. The van der Waals surface area contributed by atoms with Gasteiger partial charge in [-0.15, -0.1) is 0 Å². The molecule has 1 aromatic carbocycles. The van der Waals surface area contributed by atoms with E-state index in [2.05, 4.69) is 5.32 Å². The number of hydrogen-bond donors (Lipinski definition) is 2. The van der Waals surface area contributed by atoms with Crippen molar-refractivity contribution < 1.29 is 18.3 Å². The number of carbonyl (C=O) groups excluding carboxylic acids is 1. The molecule has 0 aliphatic heterocycles. The summed E-state index contributed by atoms with van der Waals surface area (Å²) in [6, 6.07) is 4.70. The Morgan fingerprint density at radius 1 is 1.41 bits per heavy atom. The average Bonchev–Trinajstić information content (AvgIpc) is 2.21. The van der Waals surface area contributed by atoms with Crippen molar-refractivity contribution in [1.82, 2.24) is 0 Å². The van der Waals surface area contributed by atoms with Crippen molar-refractivity contribution in [2.24, 2.45) is 0 Å². The first kappa shape index (κ1) is 13.5. The van der Waals surface area contributed by atoms with E-state index in [1.54, 1.807) is 19.1 Å². The number of benzene rings is 1. The van der Waals surface area contributed by atoms with Gasteiger partial charge in [0, 0.05) is 6.26 Å². The molecule has 1 rings (SSSR count). The molecule has 0 spiro atoms. The van der Waals surface area contributed by atoms with Crippen molar-refractivity contribution in [1.29, 1.82) is 0 Å². The second-order valence-electron chi connectivity index (χ2n) is 3.98. The number of aryl methyl sites for hydroxylation is 1. The van der Waals surface area contributed by atoms with Crippen LogP contribution in [0.15, 0.2) is 18.2 Å². The summed E-state index contributed by atoms with van der Waals surface area (Å²) in [5.74, 6) is -0.752. The number of phenolic OH excluding ortho intramolecular Hbond substituents is 1. The van der Waals surface area contributed by atoms with Crippen molar-refractivity contribution in [3.8, 4) is 5.75 Å². The minimum absolute atomic E-state index is 0.0929. The van der Waals surface area contributed by atoms with E-state index in [9.17, 15) is 18.3 Å². The maximum absolute atomic E-state index is 11.6. The molecule has 0 bridgehead atoms. The summed E-state index contributed by atoms with van der Waals surface area (Å²) in [5, 5.41) is 10.7. The van der Waals surface area contributed by atoms with Crippen LogP contribution in [-0.2, 0) is 14.6 Å². The molecule has 0 aliphatic carbocycles. The first-order chi connectivity index (χ1) is 7.71. The number of sulfone groups is 1. The Morgan fingerprint density at radius 2 is 2.00 bits per heavy atom. The summed E-state index contributed by atoms with van der Waals surface area (Å²) in [5.41, 5.74) is 1.07. The predicted molar refractivity (Wildman–Crippen MR) is 65.8 cm³/mol. The van der Waals surface area contributed by atoms with Gasteiger partial charge < -0.3 is 10.4 Å². The monoisotopic (exact) mass is 257 g/mol. The largest absolute Gasteiger partial charge is 0.506 e. The van der Waals surface area contributed by atoms with Gasteiger partial charge in [0.25, 0.3) is 0 Å². The summed E-state index contributed by atoms with van der Waals surface area (Å²) in [7, 11) is -3.44.